The molecule has 0 fully saturated rings. The first kappa shape index (κ1) is 53.9. The summed E-state index contributed by atoms with van der Waals surface area (Å²) in [5.74, 6) is -2.60. The lowest BCUT2D eigenvalue weighted by Crippen LogP contribution is -2.40. The third-order valence-electron chi connectivity index (χ3n) is 11.4. The molecule has 22 nitrogen and oxygen atoms in total. The highest BCUT2D eigenvalue weighted by Crippen LogP contribution is 2.39. The summed E-state index contributed by atoms with van der Waals surface area (Å²) in [5, 5.41) is 35.5. The molecule has 6 amide bonds. The van der Waals surface area contributed by atoms with Crippen molar-refractivity contribution >= 4 is 114 Å². The van der Waals surface area contributed by atoms with Gasteiger partial charge in [0, 0.05) is 46.5 Å². The van der Waals surface area contributed by atoms with Crippen molar-refractivity contribution in [2.75, 3.05) is 38.4 Å². The third-order valence-corrected chi connectivity index (χ3v) is 17.2. The Kier molecular flexibility index (Phi) is 17.3. The van der Waals surface area contributed by atoms with E-state index in [1.165, 1.54) is 59.9 Å². The highest BCUT2D eigenvalue weighted by molar-refractivity contribution is 8.14. The van der Waals surface area contributed by atoms with Crippen molar-refractivity contribution in [1.82, 2.24) is 56.5 Å². The largest absolute Gasteiger partial charge is 0.450 e. The number of methoxy groups -OCH3 is 1. The van der Waals surface area contributed by atoms with Gasteiger partial charge in [-0.05, 0) is 31.0 Å². The number of thioether (sulfide) groups is 1. The topological polar surface area (TPSA) is 303 Å². The van der Waals surface area contributed by atoms with E-state index in [0.717, 1.165) is 35.5 Å². The molecule has 1 aromatic carbocycles. The fourth-order valence-electron chi connectivity index (χ4n) is 7.60. The summed E-state index contributed by atoms with van der Waals surface area (Å²) in [6.07, 6.45) is -0.971. The molecular weight excluding hydrogens is 1100 g/mol. The predicted octanol–water partition coefficient (Wildman–Crippen LogP) is 6.66. The fourth-order valence-corrected chi connectivity index (χ4v) is 13.0. The van der Waals surface area contributed by atoms with Crippen molar-refractivity contribution < 1.29 is 43.3 Å². The minimum absolute atomic E-state index is 0.00152. The van der Waals surface area contributed by atoms with Gasteiger partial charge >= 0.3 is 6.09 Å². The van der Waals surface area contributed by atoms with Gasteiger partial charge in [0.15, 0.2) is 5.13 Å². The molecule has 0 saturated carbocycles. The number of carbonyl (C=O) groups is 6. The molecule has 7 N–H and O–H groups in total. The number of aliphatic hydroxyl groups excluding tert-OH is 1. The summed E-state index contributed by atoms with van der Waals surface area (Å²) in [6.45, 7) is 3.41. The number of pyridine rings is 1. The first-order valence-corrected chi connectivity index (χ1v) is 28.7. The van der Waals surface area contributed by atoms with Crippen LogP contribution in [0.3, 0.4) is 0 Å². The lowest BCUT2D eigenvalue weighted by Gasteiger charge is -2.23. The summed E-state index contributed by atoms with van der Waals surface area (Å²) in [4.78, 5) is 115. The van der Waals surface area contributed by atoms with Gasteiger partial charge in [-0.15, -0.1) is 57.1 Å². The number of aryl methyl sites for hydroxylation is 1. The van der Waals surface area contributed by atoms with Gasteiger partial charge in [0.1, 0.15) is 77.5 Å². The van der Waals surface area contributed by atoms with Gasteiger partial charge in [-0.3, -0.25) is 39.6 Å². The van der Waals surface area contributed by atoms with Gasteiger partial charge in [0.25, 0.3) is 17.7 Å². The van der Waals surface area contributed by atoms with Crippen molar-refractivity contribution in [1.29, 1.82) is 0 Å². The second-order valence-electron chi connectivity index (χ2n) is 16.8. The maximum absolute atomic E-state index is 14.1. The zero-order chi connectivity index (χ0) is 53.5. The summed E-state index contributed by atoms with van der Waals surface area (Å²) < 4.78 is 10.6. The highest BCUT2D eigenvalue weighted by atomic mass is 32.2. The van der Waals surface area contributed by atoms with E-state index in [-0.39, 0.29) is 40.2 Å². The molecule has 2 aliphatic rings. The molecule has 0 saturated heterocycles. The summed E-state index contributed by atoms with van der Waals surface area (Å²) >= 11 is 7.18. The van der Waals surface area contributed by atoms with Gasteiger partial charge in [0.2, 0.25) is 11.8 Å². The van der Waals surface area contributed by atoms with Crippen LogP contribution in [0.25, 0.3) is 32.7 Å². The second kappa shape index (κ2) is 24.4. The fraction of sp³-hybridized carbons (Fsp3) is 0.312. The summed E-state index contributed by atoms with van der Waals surface area (Å²) in [5.41, 5.74) is 2.77. The maximum atomic E-state index is 14.1. The molecular formula is C48H47N13O9S6. The predicted molar refractivity (Wildman–Crippen MR) is 291 cm³/mol. The number of anilines is 1. The number of nitrogens with one attached hydrogen (secondary N) is 6. The van der Waals surface area contributed by atoms with Crippen molar-refractivity contribution in [3.63, 3.8) is 0 Å². The second-order valence-corrected chi connectivity index (χ2v) is 22.7. The van der Waals surface area contributed by atoms with Gasteiger partial charge < -0.3 is 35.8 Å². The number of fused-ring (bicyclic) bond motifs is 14. The Morgan fingerprint density at radius 2 is 1.59 bits per heavy atom. The van der Waals surface area contributed by atoms with Crippen molar-refractivity contribution in [3.05, 3.63) is 107 Å². The van der Waals surface area contributed by atoms with Crippen molar-refractivity contribution in [2.24, 2.45) is 4.99 Å². The monoisotopic (exact) mass is 1140 g/mol. The molecule has 76 heavy (non-hydrogen) atoms. The standard InChI is InChI=1S/C48H47N13O9S6/c1-5-6-14-70-48(68)57-31-21-74-43(56-31)25-13-12-24-35(51-25)27-18-72-44(53-27)29-20-73-46(55-29)37(38(64)23-10-8-7-9-11-23)58-33(63)16-50-40(66)36-30(17-69-4)76-47(60-36)61-41(67)34-22(2)75-45(59-34)26(15-32(62)49-3)52-39(65)28-19-71-42(24)54-28/h7-13,18-20,26,31,37-38,64H,5-6,14-17,21H2,1-4H3,(H,49,62)(H,50,66)(H,52,65)(H,57,68)(H,58,63)(H,60,61,67)/t26-,31?,37-,38-/m0/s1. The molecule has 8 heterocycles. The lowest BCUT2D eigenvalue weighted by molar-refractivity contribution is -0.122. The average Bonchev–Trinajstić information content (AvgIpc) is 4.29. The molecule has 9 rings (SSSR count). The molecule has 394 valence electrons. The van der Waals surface area contributed by atoms with Crippen LogP contribution in [0.5, 0.6) is 0 Å². The first-order chi connectivity index (χ1) is 36.8. The maximum Gasteiger partial charge on any atom is 0.408 e. The number of hydrogen-bond donors (Lipinski definition) is 7. The van der Waals surface area contributed by atoms with Crippen LogP contribution >= 0.6 is 68.4 Å². The minimum atomic E-state index is -1.26. The van der Waals surface area contributed by atoms with Gasteiger partial charge in [-0.2, -0.15) is 0 Å². The zero-order valence-electron chi connectivity index (χ0n) is 40.8. The van der Waals surface area contributed by atoms with Gasteiger partial charge in [-0.25, -0.2) is 34.7 Å². The van der Waals surface area contributed by atoms with Gasteiger partial charge in [0.05, 0.1) is 42.8 Å². The number of nitrogens with zero attached hydrogens (tertiary/aromatic N) is 7. The molecule has 0 spiro atoms. The summed E-state index contributed by atoms with van der Waals surface area (Å²) in [7, 11) is 2.90. The van der Waals surface area contributed by atoms with E-state index < -0.39 is 66.5 Å². The number of benzene rings is 1. The van der Waals surface area contributed by atoms with Gasteiger partial charge in [-0.1, -0.05) is 55.0 Å². The first-order valence-electron chi connectivity index (χ1n) is 23.4. The number of carbonyl (C=O) groups excluding carboxylic acids is 6. The highest BCUT2D eigenvalue weighted by Gasteiger charge is 2.32. The van der Waals surface area contributed by atoms with E-state index in [0.29, 0.717) is 76.1 Å². The van der Waals surface area contributed by atoms with Crippen molar-refractivity contribution in [2.45, 2.75) is 64.1 Å². The van der Waals surface area contributed by atoms with Crippen LogP contribution in [0, 0.1) is 6.92 Å². The number of amides is 6. The normalized spacial score (nSPS) is 17.4. The molecule has 6 aromatic heterocycles. The Bertz CT molecular complexity index is 3340. The molecule has 7 aromatic rings. The number of alkyl carbamates (subject to hydrolysis) is 1. The van der Waals surface area contributed by atoms with E-state index in [2.05, 4.69) is 41.9 Å². The minimum Gasteiger partial charge on any atom is -0.450 e. The average molecular weight is 1140 g/mol. The SMILES string of the molecule is CCCCOC(=O)NC1CSC(c2ccc3c(n2)-c2csc(n2)-c2csc(n2)[C@H]([C@@H](O)c2ccccc2)NC(=O)CNC(=O)c2nc(sc2COC)NC(=O)c2nc(sc2C)[C@H](CC(=O)NC)NC(=O)c2csc-3n2)=N1. The quantitative estimate of drug-likeness (QED) is 0.0666. The molecule has 4 atom stereocenters. The van der Waals surface area contributed by atoms with Crippen LogP contribution in [0.2, 0.25) is 0 Å². The van der Waals surface area contributed by atoms with Crippen LogP contribution in [0.4, 0.5) is 9.93 Å². The molecule has 0 radical (unpaired) electrons. The smallest absolute Gasteiger partial charge is 0.408 e. The summed E-state index contributed by atoms with van der Waals surface area (Å²) in [6, 6.07) is 10.3. The number of thiazole rings is 5. The van der Waals surface area contributed by atoms with E-state index in [4.69, 9.17) is 34.4 Å². The molecule has 0 aliphatic carbocycles. The molecule has 10 bridgehead atoms. The number of aliphatic hydroxyl groups is 1. The lowest BCUT2D eigenvalue weighted by atomic mass is 10.0. The van der Waals surface area contributed by atoms with E-state index in [1.54, 1.807) is 59.5 Å². The van der Waals surface area contributed by atoms with Crippen LogP contribution in [0.15, 0.2) is 63.6 Å². The molecule has 1 unspecified atom stereocenters. The Morgan fingerprint density at radius 3 is 2.38 bits per heavy atom. The number of hydrogen-bond acceptors (Lipinski definition) is 22. The number of rotatable bonds is 11. The number of aliphatic imine (C=N–C) groups is 1. The number of aromatic nitrogens is 6. The van der Waals surface area contributed by atoms with Crippen LogP contribution < -0.4 is 31.9 Å². The Balaban J connectivity index is 1.11. The Hall–Kier alpha value is -6.92. The van der Waals surface area contributed by atoms with Crippen LogP contribution in [-0.4, -0.2) is 115 Å². The van der Waals surface area contributed by atoms with Crippen LogP contribution in [-0.2, 0) is 25.7 Å². The third kappa shape index (κ3) is 12.5. The number of unbranched alkanes of at least 4 members (excludes halogenated alkanes) is 1. The number of ether oxygens (including phenoxy) is 2. The zero-order valence-corrected chi connectivity index (χ0v) is 45.7. The molecule has 2 aliphatic heterocycles. The van der Waals surface area contributed by atoms with E-state index in [1.807, 2.05) is 13.0 Å². The Labute approximate surface area is 458 Å². The Morgan fingerprint density at radius 1 is 0.816 bits per heavy atom. The van der Waals surface area contributed by atoms with E-state index >= 15 is 0 Å². The van der Waals surface area contributed by atoms with E-state index in [9.17, 15) is 33.9 Å². The molecule has 28 heteroatoms. The van der Waals surface area contributed by atoms with Crippen molar-refractivity contribution in [3.8, 4) is 32.7 Å². The van der Waals surface area contributed by atoms with Crippen LogP contribution in [0.1, 0.15) is 107 Å².